The second-order valence-electron chi connectivity index (χ2n) is 6.51. The van der Waals surface area contributed by atoms with Crippen LogP contribution in [0.15, 0.2) is 52.2 Å². The van der Waals surface area contributed by atoms with E-state index in [2.05, 4.69) is 16.3 Å². The Kier molecular flexibility index (Phi) is 5.03. The van der Waals surface area contributed by atoms with Gasteiger partial charge in [0.2, 0.25) is 5.91 Å². The molecule has 27 heavy (non-hydrogen) atoms. The minimum atomic E-state index is -0.255. The summed E-state index contributed by atoms with van der Waals surface area (Å²) in [5.74, 6) is 1.48. The highest BCUT2D eigenvalue weighted by molar-refractivity contribution is 8.00. The minimum Gasteiger partial charge on any atom is -0.461 e. The van der Waals surface area contributed by atoms with Crippen molar-refractivity contribution in [3.05, 3.63) is 48.2 Å². The lowest BCUT2D eigenvalue weighted by Crippen LogP contribution is -2.40. The van der Waals surface area contributed by atoms with Crippen molar-refractivity contribution >= 4 is 23.4 Å². The van der Waals surface area contributed by atoms with E-state index in [0.29, 0.717) is 18.1 Å². The van der Waals surface area contributed by atoms with Crippen LogP contribution in [0.5, 0.6) is 0 Å². The van der Waals surface area contributed by atoms with E-state index < -0.39 is 0 Å². The largest absolute Gasteiger partial charge is 0.461 e. The molecule has 6 nitrogen and oxygen atoms in total. The predicted molar refractivity (Wildman–Crippen MR) is 106 cm³/mol. The summed E-state index contributed by atoms with van der Waals surface area (Å²) in [5.41, 5.74) is 2.28. The number of anilines is 1. The molecule has 1 aromatic carbocycles. The number of para-hydroxylation sites is 1. The maximum atomic E-state index is 13.1. The molecule has 3 aromatic rings. The van der Waals surface area contributed by atoms with Gasteiger partial charge in [-0.15, -0.1) is 10.2 Å². The number of carbonyl (C=O) groups excluding carboxylic acids is 1. The SMILES string of the molecule is CCn1c(SC(C)C(=O)N2CCCc3ccccc32)nnc1-c1ccco1. The van der Waals surface area contributed by atoms with Crippen LogP contribution < -0.4 is 4.90 Å². The summed E-state index contributed by atoms with van der Waals surface area (Å²) in [5, 5.41) is 9.04. The highest BCUT2D eigenvalue weighted by atomic mass is 32.2. The number of hydrogen-bond donors (Lipinski definition) is 0. The molecule has 7 heteroatoms. The van der Waals surface area contributed by atoms with Gasteiger partial charge in [0.1, 0.15) is 0 Å². The molecular formula is C20H22N4O2S. The Hall–Kier alpha value is -2.54. The highest BCUT2D eigenvalue weighted by Crippen LogP contribution is 2.31. The lowest BCUT2D eigenvalue weighted by Gasteiger charge is -2.31. The number of hydrogen-bond acceptors (Lipinski definition) is 5. The monoisotopic (exact) mass is 382 g/mol. The molecular weight excluding hydrogens is 360 g/mol. The van der Waals surface area contributed by atoms with Gasteiger partial charge >= 0.3 is 0 Å². The topological polar surface area (TPSA) is 64.2 Å². The van der Waals surface area contributed by atoms with Crippen LogP contribution in [0.4, 0.5) is 5.69 Å². The molecule has 0 spiro atoms. The molecule has 3 heterocycles. The Balaban J connectivity index is 1.55. The molecule has 2 aromatic heterocycles. The van der Waals surface area contributed by atoms with Gasteiger partial charge < -0.3 is 9.32 Å². The summed E-state index contributed by atoms with van der Waals surface area (Å²) >= 11 is 1.45. The van der Waals surface area contributed by atoms with Crippen LogP contribution in [0.1, 0.15) is 25.8 Å². The lowest BCUT2D eigenvalue weighted by atomic mass is 10.0. The number of nitrogens with zero attached hydrogens (tertiary/aromatic N) is 4. The number of rotatable bonds is 5. The molecule has 1 unspecified atom stereocenters. The third-order valence-electron chi connectivity index (χ3n) is 4.78. The van der Waals surface area contributed by atoms with E-state index in [1.54, 1.807) is 6.26 Å². The molecule has 140 valence electrons. The first-order valence-electron chi connectivity index (χ1n) is 9.22. The zero-order valence-corrected chi connectivity index (χ0v) is 16.3. The summed E-state index contributed by atoms with van der Waals surface area (Å²) in [6.45, 7) is 5.44. The molecule has 0 N–H and O–H groups in total. The van der Waals surface area contributed by atoms with Crippen molar-refractivity contribution < 1.29 is 9.21 Å². The van der Waals surface area contributed by atoms with Crippen molar-refractivity contribution in [2.45, 2.75) is 43.6 Å². The predicted octanol–water partition coefficient (Wildman–Crippen LogP) is 4.02. The number of thioether (sulfide) groups is 1. The first-order valence-corrected chi connectivity index (χ1v) is 10.1. The number of carbonyl (C=O) groups is 1. The van der Waals surface area contributed by atoms with Crippen LogP contribution in [-0.2, 0) is 17.8 Å². The first kappa shape index (κ1) is 17.9. The van der Waals surface area contributed by atoms with E-state index in [1.165, 1.54) is 17.3 Å². The van der Waals surface area contributed by atoms with Crippen LogP contribution >= 0.6 is 11.8 Å². The second-order valence-corrected chi connectivity index (χ2v) is 7.82. The van der Waals surface area contributed by atoms with Crippen LogP contribution in [0.3, 0.4) is 0 Å². The number of aromatic nitrogens is 3. The van der Waals surface area contributed by atoms with Crippen LogP contribution in [0.2, 0.25) is 0 Å². The minimum absolute atomic E-state index is 0.109. The standard InChI is InChI=1S/C20H22N4O2S/c1-3-23-18(17-11-7-13-26-17)21-22-20(23)27-14(2)19(25)24-12-6-9-15-8-4-5-10-16(15)24/h4-5,7-8,10-11,13-14H,3,6,9,12H2,1-2H3. The van der Waals surface area contributed by atoms with Gasteiger partial charge in [-0.3, -0.25) is 9.36 Å². The average Bonchev–Trinajstić information content (AvgIpc) is 3.36. The van der Waals surface area contributed by atoms with Gasteiger partial charge in [0.05, 0.1) is 11.5 Å². The molecule has 0 bridgehead atoms. The number of aryl methyl sites for hydroxylation is 1. The van der Waals surface area contributed by atoms with Gasteiger partial charge in [-0.25, -0.2) is 0 Å². The summed E-state index contributed by atoms with van der Waals surface area (Å²) in [7, 11) is 0. The highest BCUT2D eigenvalue weighted by Gasteiger charge is 2.28. The summed E-state index contributed by atoms with van der Waals surface area (Å²) < 4.78 is 7.44. The molecule has 1 amide bonds. The Labute approximate surface area is 162 Å². The van der Waals surface area contributed by atoms with Crippen molar-refractivity contribution in [2.75, 3.05) is 11.4 Å². The molecule has 0 radical (unpaired) electrons. The number of amides is 1. The number of fused-ring (bicyclic) bond motifs is 1. The molecule has 0 fully saturated rings. The maximum Gasteiger partial charge on any atom is 0.240 e. The lowest BCUT2D eigenvalue weighted by molar-refractivity contribution is -0.117. The van der Waals surface area contributed by atoms with Gasteiger partial charge in [-0.2, -0.15) is 0 Å². The Morgan fingerprint density at radius 2 is 2.11 bits per heavy atom. The zero-order valence-electron chi connectivity index (χ0n) is 15.5. The van der Waals surface area contributed by atoms with E-state index in [0.717, 1.165) is 30.2 Å². The molecule has 4 rings (SSSR count). The van der Waals surface area contributed by atoms with E-state index in [1.807, 2.05) is 53.6 Å². The van der Waals surface area contributed by atoms with Crippen molar-refractivity contribution in [3.63, 3.8) is 0 Å². The fourth-order valence-corrected chi connectivity index (χ4v) is 4.41. The van der Waals surface area contributed by atoms with Gasteiger partial charge in [0.25, 0.3) is 0 Å². The van der Waals surface area contributed by atoms with E-state index in [-0.39, 0.29) is 11.2 Å². The third kappa shape index (κ3) is 3.39. The fourth-order valence-electron chi connectivity index (χ4n) is 3.44. The third-order valence-corrected chi connectivity index (χ3v) is 5.85. The van der Waals surface area contributed by atoms with Gasteiger partial charge in [-0.05, 0) is 50.5 Å². The van der Waals surface area contributed by atoms with E-state index in [4.69, 9.17) is 4.42 Å². The molecule has 0 saturated heterocycles. The normalized spacial score (nSPS) is 14.8. The fraction of sp³-hybridized carbons (Fsp3) is 0.350. The van der Waals surface area contributed by atoms with Crippen molar-refractivity contribution in [2.24, 2.45) is 0 Å². The second kappa shape index (κ2) is 7.60. The maximum absolute atomic E-state index is 13.1. The Morgan fingerprint density at radius 1 is 1.26 bits per heavy atom. The van der Waals surface area contributed by atoms with Crippen LogP contribution in [0, 0.1) is 0 Å². The van der Waals surface area contributed by atoms with Crippen LogP contribution in [0.25, 0.3) is 11.6 Å². The summed E-state index contributed by atoms with van der Waals surface area (Å²) in [4.78, 5) is 15.0. The van der Waals surface area contributed by atoms with Gasteiger partial charge in [0, 0.05) is 18.8 Å². The average molecular weight is 382 g/mol. The quantitative estimate of drug-likeness (QED) is 0.624. The van der Waals surface area contributed by atoms with Crippen molar-refractivity contribution in [1.82, 2.24) is 14.8 Å². The van der Waals surface area contributed by atoms with E-state index in [9.17, 15) is 4.79 Å². The number of benzene rings is 1. The van der Waals surface area contributed by atoms with E-state index >= 15 is 0 Å². The first-order chi connectivity index (χ1) is 13.2. The zero-order chi connectivity index (χ0) is 18.8. The Bertz CT molecular complexity index is 935. The van der Waals surface area contributed by atoms with Gasteiger partial charge in [0.15, 0.2) is 16.7 Å². The summed E-state index contributed by atoms with van der Waals surface area (Å²) in [6.07, 6.45) is 3.64. The molecule has 0 saturated carbocycles. The molecule has 1 atom stereocenters. The van der Waals surface area contributed by atoms with Crippen LogP contribution in [-0.4, -0.2) is 32.5 Å². The molecule has 1 aliphatic rings. The molecule has 0 aliphatic carbocycles. The van der Waals surface area contributed by atoms with Crippen molar-refractivity contribution in [3.8, 4) is 11.6 Å². The van der Waals surface area contributed by atoms with Crippen molar-refractivity contribution in [1.29, 1.82) is 0 Å². The molecule has 1 aliphatic heterocycles. The number of furan rings is 1. The smallest absolute Gasteiger partial charge is 0.240 e. The Morgan fingerprint density at radius 3 is 2.89 bits per heavy atom. The van der Waals surface area contributed by atoms with Gasteiger partial charge in [-0.1, -0.05) is 30.0 Å². The summed E-state index contributed by atoms with van der Waals surface area (Å²) in [6, 6.07) is 11.9.